The van der Waals surface area contributed by atoms with Crippen molar-refractivity contribution in [3.63, 3.8) is 0 Å². The summed E-state index contributed by atoms with van der Waals surface area (Å²) >= 11 is 3.39. The Labute approximate surface area is 104 Å². The molecule has 0 aliphatic heterocycles. The molecule has 0 spiro atoms. The first-order valence-electron chi connectivity index (χ1n) is 4.95. The number of rotatable bonds is 3. The van der Waals surface area contributed by atoms with E-state index in [0.717, 1.165) is 15.8 Å². The lowest BCUT2D eigenvalue weighted by Crippen LogP contribution is -2.15. The molecule has 0 aliphatic rings. The van der Waals surface area contributed by atoms with E-state index < -0.39 is 0 Å². The van der Waals surface area contributed by atoms with Gasteiger partial charge in [0.1, 0.15) is 0 Å². The third-order valence-corrected chi connectivity index (χ3v) is 2.51. The van der Waals surface area contributed by atoms with E-state index in [0.29, 0.717) is 0 Å². The van der Waals surface area contributed by atoms with Crippen LogP contribution in [0.15, 0.2) is 34.8 Å². The van der Waals surface area contributed by atoms with Gasteiger partial charge in [0.15, 0.2) is 0 Å². The fourth-order valence-electron chi connectivity index (χ4n) is 1.32. The summed E-state index contributed by atoms with van der Waals surface area (Å²) in [6.07, 6.45) is 3.21. The lowest BCUT2D eigenvalue weighted by atomic mass is 10.2. The van der Waals surface area contributed by atoms with Crippen LogP contribution < -0.4 is 10.2 Å². The number of hydrogen-bond donors (Lipinski definition) is 1. The second-order valence-electron chi connectivity index (χ2n) is 3.55. The van der Waals surface area contributed by atoms with Crippen LogP contribution in [-0.2, 0) is 4.79 Å². The molecular weight excluding hydrogens is 268 g/mol. The van der Waals surface area contributed by atoms with Gasteiger partial charge in [-0.3, -0.25) is 4.79 Å². The van der Waals surface area contributed by atoms with Gasteiger partial charge in [-0.1, -0.05) is 22.0 Å². The van der Waals surface area contributed by atoms with Crippen molar-refractivity contribution in [2.24, 2.45) is 0 Å². The standard InChI is InChI=1S/C12H15BrN2O/c1-4-5-12(16)14-10-8-9(13)6-7-11(10)15(2)3/h4-8H,1-3H3,(H,14,16). The molecule has 4 heteroatoms. The molecule has 1 rings (SSSR count). The Morgan fingerprint density at radius 3 is 2.69 bits per heavy atom. The molecule has 16 heavy (non-hydrogen) atoms. The topological polar surface area (TPSA) is 32.3 Å². The van der Waals surface area contributed by atoms with Crippen LogP contribution in [0.25, 0.3) is 0 Å². The van der Waals surface area contributed by atoms with E-state index in [4.69, 9.17) is 0 Å². The van der Waals surface area contributed by atoms with E-state index in [2.05, 4.69) is 21.2 Å². The van der Waals surface area contributed by atoms with E-state index in [1.165, 1.54) is 6.08 Å². The lowest BCUT2D eigenvalue weighted by Gasteiger charge is -2.17. The fourth-order valence-corrected chi connectivity index (χ4v) is 1.69. The van der Waals surface area contributed by atoms with Crippen molar-refractivity contribution in [2.75, 3.05) is 24.3 Å². The number of carbonyl (C=O) groups excluding carboxylic acids is 1. The number of hydrogen-bond acceptors (Lipinski definition) is 2. The third-order valence-electron chi connectivity index (χ3n) is 2.02. The zero-order chi connectivity index (χ0) is 12.1. The SMILES string of the molecule is CC=CC(=O)Nc1cc(Br)ccc1N(C)C. The van der Waals surface area contributed by atoms with Gasteiger partial charge in [0, 0.05) is 18.6 Å². The zero-order valence-electron chi connectivity index (χ0n) is 9.62. The van der Waals surface area contributed by atoms with Crippen LogP contribution in [0, 0.1) is 0 Å². The lowest BCUT2D eigenvalue weighted by molar-refractivity contribution is -0.111. The summed E-state index contributed by atoms with van der Waals surface area (Å²) < 4.78 is 0.939. The molecule has 0 heterocycles. The predicted molar refractivity (Wildman–Crippen MR) is 71.9 cm³/mol. The van der Waals surface area contributed by atoms with Crippen LogP contribution in [0.2, 0.25) is 0 Å². The highest BCUT2D eigenvalue weighted by Crippen LogP contribution is 2.27. The molecule has 0 aliphatic carbocycles. The molecule has 0 aromatic heterocycles. The Hall–Kier alpha value is -1.29. The highest BCUT2D eigenvalue weighted by molar-refractivity contribution is 9.10. The number of carbonyl (C=O) groups is 1. The van der Waals surface area contributed by atoms with Crippen LogP contribution in [0.5, 0.6) is 0 Å². The van der Waals surface area contributed by atoms with E-state index in [9.17, 15) is 4.79 Å². The molecule has 1 aromatic carbocycles. The molecule has 0 fully saturated rings. The number of benzene rings is 1. The predicted octanol–water partition coefficient (Wildman–Crippen LogP) is 3.03. The largest absolute Gasteiger partial charge is 0.376 e. The minimum Gasteiger partial charge on any atom is -0.376 e. The van der Waals surface area contributed by atoms with Crippen molar-refractivity contribution in [3.8, 4) is 0 Å². The summed E-state index contributed by atoms with van der Waals surface area (Å²) in [6.45, 7) is 1.81. The Morgan fingerprint density at radius 2 is 2.12 bits per heavy atom. The molecule has 0 saturated heterocycles. The van der Waals surface area contributed by atoms with Crippen molar-refractivity contribution >= 4 is 33.2 Å². The third kappa shape index (κ3) is 3.38. The normalized spacial score (nSPS) is 10.5. The highest BCUT2D eigenvalue weighted by atomic mass is 79.9. The van der Waals surface area contributed by atoms with Gasteiger partial charge in [0.05, 0.1) is 11.4 Å². The fraction of sp³-hybridized carbons (Fsp3) is 0.250. The highest BCUT2D eigenvalue weighted by Gasteiger charge is 2.06. The molecule has 1 amide bonds. The number of anilines is 2. The van der Waals surface area contributed by atoms with Gasteiger partial charge in [-0.15, -0.1) is 0 Å². The van der Waals surface area contributed by atoms with Crippen molar-refractivity contribution in [1.82, 2.24) is 0 Å². The maximum Gasteiger partial charge on any atom is 0.248 e. The molecule has 86 valence electrons. The minimum absolute atomic E-state index is 0.122. The van der Waals surface area contributed by atoms with Gasteiger partial charge in [-0.05, 0) is 31.2 Å². The molecular formula is C12H15BrN2O. The molecule has 0 bridgehead atoms. The van der Waals surface area contributed by atoms with Gasteiger partial charge in [0.25, 0.3) is 0 Å². The number of amides is 1. The maximum absolute atomic E-state index is 11.5. The van der Waals surface area contributed by atoms with Crippen molar-refractivity contribution < 1.29 is 4.79 Å². The van der Waals surface area contributed by atoms with Gasteiger partial charge in [-0.2, -0.15) is 0 Å². The van der Waals surface area contributed by atoms with Crippen molar-refractivity contribution in [2.45, 2.75) is 6.92 Å². The quantitative estimate of drug-likeness (QED) is 0.865. The second kappa shape index (κ2) is 5.70. The van der Waals surface area contributed by atoms with Crippen LogP contribution in [-0.4, -0.2) is 20.0 Å². The Balaban J connectivity index is 3.01. The molecule has 0 radical (unpaired) electrons. The van der Waals surface area contributed by atoms with Gasteiger partial charge in [-0.25, -0.2) is 0 Å². The van der Waals surface area contributed by atoms with Crippen LogP contribution >= 0.6 is 15.9 Å². The Bertz CT molecular complexity index is 413. The summed E-state index contributed by atoms with van der Waals surface area (Å²) in [5, 5.41) is 2.84. The second-order valence-corrected chi connectivity index (χ2v) is 4.46. The summed E-state index contributed by atoms with van der Waals surface area (Å²) in [7, 11) is 3.88. The molecule has 0 saturated carbocycles. The number of nitrogens with zero attached hydrogens (tertiary/aromatic N) is 1. The van der Waals surface area contributed by atoms with E-state index in [1.807, 2.05) is 44.1 Å². The monoisotopic (exact) mass is 282 g/mol. The van der Waals surface area contributed by atoms with E-state index in [-0.39, 0.29) is 5.91 Å². The molecule has 1 aromatic rings. The van der Waals surface area contributed by atoms with E-state index >= 15 is 0 Å². The van der Waals surface area contributed by atoms with Crippen molar-refractivity contribution in [1.29, 1.82) is 0 Å². The Kier molecular flexibility index (Phi) is 4.55. The zero-order valence-corrected chi connectivity index (χ0v) is 11.2. The van der Waals surface area contributed by atoms with E-state index in [1.54, 1.807) is 6.08 Å². The average Bonchev–Trinajstić information content (AvgIpc) is 2.17. The Morgan fingerprint density at radius 1 is 1.44 bits per heavy atom. The molecule has 0 atom stereocenters. The minimum atomic E-state index is -0.122. The molecule has 3 nitrogen and oxygen atoms in total. The van der Waals surface area contributed by atoms with Gasteiger partial charge in [0.2, 0.25) is 5.91 Å². The van der Waals surface area contributed by atoms with Crippen LogP contribution in [0.1, 0.15) is 6.92 Å². The summed E-state index contributed by atoms with van der Waals surface area (Å²) in [5.41, 5.74) is 1.77. The summed E-state index contributed by atoms with van der Waals surface area (Å²) in [4.78, 5) is 13.4. The van der Waals surface area contributed by atoms with Gasteiger partial charge >= 0.3 is 0 Å². The van der Waals surface area contributed by atoms with Gasteiger partial charge < -0.3 is 10.2 Å². The molecule has 0 unspecified atom stereocenters. The average molecular weight is 283 g/mol. The molecule has 1 N–H and O–H groups in total. The van der Waals surface area contributed by atoms with Crippen molar-refractivity contribution in [3.05, 3.63) is 34.8 Å². The van der Waals surface area contributed by atoms with Crippen LogP contribution in [0.3, 0.4) is 0 Å². The smallest absolute Gasteiger partial charge is 0.248 e. The first-order chi connectivity index (χ1) is 7.54. The summed E-state index contributed by atoms with van der Waals surface area (Å²) in [5.74, 6) is -0.122. The number of nitrogens with one attached hydrogen (secondary N) is 1. The number of allylic oxidation sites excluding steroid dienone is 1. The number of halogens is 1. The maximum atomic E-state index is 11.5. The summed E-state index contributed by atoms with van der Waals surface area (Å²) in [6, 6.07) is 5.78. The first kappa shape index (κ1) is 12.8. The first-order valence-corrected chi connectivity index (χ1v) is 5.74. The van der Waals surface area contributed by atoms with Crippen LogP contribution in [0.4, 0.5) is 11.4 Å².